The van der Waals surface area contributed by atoms with Gasteiger partial charge in [-0.15, -0.1) is 0 Å². The van der Waals surface area contributed by atoms with Gasteiger partial charge in [0.25, 0.3) is 5.15 Å². The average Bonchev–Trinajstić information content (AvgIpc) is 1.94. The van der Waals surface area contributed by atoms with E-state index in [0.717, 1.165) is 11.7 Å². The molecule has 0 N–H and O–H groups in total. The van der Waals surface area contributed by atoms with Gasteiger partial charge in [0.05, 0.1) is 0 Å². The normalized spacial score (nSPS) is 9.30. The number of hydrogen-bond donors (Lipinski definition) is 0. The molecule has 0 saturated heterocycles. The molecule has 0 amide bonds. The van der Waals surface area contributed by atoms with E-state index in [-0.39, 0.29) is 0 Å². The van der Waals surface area contributed by atoms with Crippen LogP contribution < -0.4 is 4.57 Å². The molecule has 52 valence electrons. The Hall–Kier alpha value is -0.820. The number of halogens is 1. The van der Waals surface area contributed by atoms with Crippen LogP contribution in [0.15, 0.2) is 37.1 Å². The first-order chi connectivity index (χ1) is 4.84. The zero-order chi connectivity index (χ0) is 7.40. The maximum Gasteiger partial charge on any atom is 0.275 e. The lowest BCUT2D eigenvalue weighted by Crippen LogP contribution is -2.33. The lowest BCUT2D eigenvalue weighted by molar-refractivity contribution is -0.684. The first kappa shape index (κ1) is 7.29. The molecule has 1 nitrogen and oxygen atoms in total. The lowest BCUT2D eigenvalue weighted by atomic mass is 10.5. The monoisotopic (exact) mass is 154 g/mol. The Bertz CT molecular complexity index is 232. The third kappa shape index (κ3) is 1.58. The molecule has 0 bridgehead atoms. The summed E-state index contributed by atoms with van der Waals surface area (Å²) in [5.74, 6) is 0. The Balaban J connectivity index is 2.91. The fraction of sp³-hybridized carbons (Fsp3) is 0.125. The maximum absolute atomic E-state index is 5.82. The van der Waals surface area contributed by atoms with Gasteiger partial charge in [-0.05, 0) is 23.7 Å². The third-order valence-corrected chi connectivity index (χ3v) is 1.55. The summed E-state index contributed by atoms with van der Waals surface area (Å²) < 4.78 is 1.91. The summed E-state index contributed by atoms with van der Waals surface area (Å²) in [5.41, 5.74) is 0. The van der Waals surface area contributed by atoms with Crippen molar-refractivity contribution in [2.24, 2.45) is 0 Å². The molecular formula is C8H9ClN+. The molecule has 1 aromatic heterocycles. The molecule has 0 aromatic carbocycles. The Labute approximate surface area is 65.6 Å². The Morgan fingerprint density at radius 2 is 2.40 bits per heavy atom. The van der Waals surface area contributed by atoms with Gasteiger partial charge in [-0.1, -0.05) is 6.58 Å². The van der Waals surface area contributed by atoms with Crippen molar-refractivity contribution in [3.8, 4) is 0 Å². The van der Waals surface area contributed by atoms with E-state index in [0.29, 0.717) is 0 Å². The van der Waals surface area contributed by atoms with Gasteiger partial charge < -0.3 is 0 Å². The highest BCUT2D eigenvalue weighted by Gasteiger charge is 2.01. The van der Waals surface area contributed by atoms with E-state index in [4.69, 9.17) is 11.6 Å². The minimum Gasteiger partial charge on any atom is -0.185 e. The second-order valence-corrected chi connectivity index (χ2v) is 2.35. The zero-order valence-corrected chi connectivity index (χ0v) is 6.38. The first-order valence-electron chi connectivity index (χ1n) is 3.09. The molecule has 1 aromatic rings. The van der Waals surface area contributed by atoms with Crippen molar-refractivity contribution in [2.45, 2.75) is 6.54 Å². The number of nitrogens with zero attached hydrogens (tertiary/aromatic N) is 1. The van der Waals surface area contributed by atoms with Gasteiger partial charge in [0.1, 0.15) is 0 Å². The molecule has 0 aliphatic rings. The number of allylic oxidation sites excluding steroid dienone is 1. The second kappa shape index (κ2) is 3.37. The predicted octanol–water partition coefficient (Wildman–Crippen LogP) is 1.81. The number of pyridine rings is 1. The third-order valence-electron chi connectivity index (χ3n) is 1.21. The molecule has 0 aliphatic carbocycles. The number of hydrogen-bond acceptors (Lipinski definition) is 0. The molecule has 0 saturated carbocycles. The summed E-state index contributed by atoms with van der Waals surface area (Å²) in [5, 5.41) is 0.738. The SMILES string of the molecule is C=CC[n+]1ccccc1Cl. The topological polar surface area (TPSA) is 3.88 Å². The van der Waals surface area contributed by atoms with Crippen molar-refractivity contribution in [1.82, 2.24) is 0 Å². The van der Waals surface area contributed by atoms with Crippen LogP contribution in [0.4, 0.5) is 0 Å². The van der Waals surface area contributed by atoms with Crippen LogP contribution in [0.3, 0.4) is 0 Å². The van der Waals surface area contributed by atoms with E-state index in [9.17, 15) is 0 Å². The molecule has 1 rings (SSSR count). The molecule has 0 atom stereocenters. The smallest absolute Gasteiger partial charge is 0.185 e. The van der Waals surface area contributed by atoms with Gasteiger partial charge in [0.15, 0.2) is 12.7 Å². The second-order valence-electron chi connectivity index (χ2n) is 1.96. The standard InChI is InChI=1S/C8H9ClN/c1-2-6-10-7-4-3-5-8(10)9/h2-5,7H,1,6H2/q+1. The van der Waals surface area contributed by atoms with Crippen LogP contribution in [0.2, 0.25) is 5.15 Å². The van der Waals surface area contributed by atoms with E-state index >= 15 is 0 Å². The van der Waals surface area contributed by atoms with Crippen molar-refractivity contribution >= 4 is 11.6 Å². The van der Waals surface area contributed by atoms with Gasteiger partial charge in [-0.2, -0.15) is 4.57 Å². The highest BCUT2D eigenvalue weighted by atomic mass is 35.5. The largest absolute Gasteiger partial charge is 0.275 e. The summed E-state index contributed by atoms with van der Waals surface area (Å²) in [4.78, 5) is 0. The van der Waals surface area contributed by atoms with Crippen molar-refractivity contribution < 1.29 is 4.57 Å². The molecule has 0 spiro atoms. The van der Waals surface area contributed by atoms with Gasteiger partial charge in [-0.3, -0.25) is 0 Å². The van der Waals surface area contributed by atoms with E-state index in [1.807, 2.05) is 35.0 Å². The highest BCUT2D eigenvalue weighted by Crippen LogP contribution is 1.97. The van der Waals surface area contributed by atoms with Gasteiger partial charge in [0, 0.05) is 12.1 Å². The number of aromatic nitrogens is 1. The van der Waals surface area contributed by atoms with Crippen LogP contribution in [0.1, 0.15) is 0 Å². The van der Waals surface area contributed by atoms with Gasteiger partial charge >= 0.3 is 0 Å². The molecule has 0 fully saturated rings. The minimum absolute atomic E-state index is 0.738. The predicted molar refractivity (Wildman–Crippen MR) is 41.8 cm³/mol. The summed E-state index contributed by atoms with van der Waals surface area (Å²) in [6.45, 7) is 4.38. The molecule has 2 heteroatoms. The molecular weight excluding hydrogens is 146 g/mol. The van der Waals surface area contributed by atoms with Crippen LogP contribution >= 0.6 is 11.6 Å². The van der Waals surface area contributed by atoms with Crippen LogP contribution in [0, 0.1) is 0 Å². The fourth-order valence-corrected chi connectivity index (χ4v) is 0.941. The van der Waals surface area contributed by atoms with Crippen molar-refractivity contribution in [1.29, 1.82) is 0 Å². The van der Waals surface area contributed by atoms with Crippen LogP contribution in [0.5, 0.6) is 0 Å². The summed E-state index contributed by atoms with van der Waals surface area (Å²) >= 11 is 5.82. The van der Waals surface area contributed by atoms with E-state index in [2.05, 4.69) is 6.58 Å². The van der Waals surface area contributed by atoms with Crippen molar-refractivity contribution in [3.05, 3.63) is 42.2 Å². The maximum atomic E-state index is 5.82. The van der Waals surface area contributed by atoms with Gasteiger partial charge in [-0.25, -0.2) is 0 Å². The van der Waals surface area contributed by atoms with E-state index < -0.39 is 0 Å². The van der Waals surface area contributed by atoms with Crippen molar-refractivity contribution in [2.75, 3.05) is 0 Å². The van der Waals surface area contributed by atoms with Crippen LogP contribution in [0.25, 0.3) is 0 Å². The first-order valence-corrected chi connectivity index (χ1v) is 3.47. The Kier molecular flexibility index (Phi) is 2.46. The summed E-state index contributed by atoms with van der Waals surface area (Å²) in [7, 11) is 0. The van der Waals surface area contributed by atoms with Crippen molar-refractivity contribution in [3.63, 3.8) is 0 Å². The summed E-state index contributed by atoms with van der Waals surface area (Å²) in [6.07, 6.45) is 3.73. The summed E-state index contributed by atoms with van der Waals surface area (Å²) in [6, 6.07) is 5.70. The molecule has 0 aliphatic heterocycles. The lowest BCUT2D eigenvalue weighted by Gasteiger charge is -1.91. The van der Waals surface area contributed by atoms with E-state index in [1.165, 1.54) is 0 Å². The Morgan fingerprint density at radius 1 is 1.60 bits per heavy atom. The number of rotatable bonds is 2. The molecule has 1 heterocycles. The molecule has 10 heavy (non-hydrogen) atoms. The minimum atomic E-state index is 0.738. The quantitative estimate of drug-likeness (QED) is 0.348. The average molecular weight is 155 g/mol. The zero-order valence-electron chi connectivity index (χ0n) is 5.63. The highest BCUT2D eigenvalue weighted by molar-refractivity contribution is 6.28. The Morgan fingerprint density at radius 3 is 3.00 bits per heavy atom. The molecule has 0 radical (unpaired) electrons. The van der Waals surface area contributed by atoms with Gasteiger partial charge in [0.2, 0.25) is 0 Å². The van der Waals surface area contributed by atoms with Crippen LogP contribution in [-0.2, 0) is 6.54 Å². The fourth-order valence-electron chi connectivity index (χ4n) is 0.743. The molecule has 0 unspecified atom stereocenters. The van der Waals surface area contributed by atoms with E-state index in [1.54, 1.807) is 0 Å². The van der Waals surface area contributed by atoms with Crippen LogP contribution in [-0.4, -0.2) is 0 Å².